The second kappa shape index (κ2) is 6.22. The van der Waals surface area contributed by atoms with E-state index >= 15 is 0 Å². The molecule has 1 saturated heterocycles. The van der Waals surface area contributed by atoms with Crippen molar-refractivity contribution in [2.24, 2.45) is 0 Å². The Balaban J connectivity index is 1.70. The van der Waals surface area contributed by atoms with Gasteiger partial charge in [0.1, 0.15) is 5.82 Å². The molecule has 0 saturated carbocycles. The zero-order chi connectivity index (χ0) is 17.6. The first kappa shape index (κ1) is 16.7. The summed E-state index contributed by atoms with van der Waals surface area (Å²) in [6, 6.07) is 12.3. The van der Waals surface area contributed by atoms with Gasteiger partial charge in [-0.05, 0) is 73.8 Å². The number of hydrogen-bond donors (Lipinski definition) is 0. The second-order valence-electron chi connectivity index (χ2n) is 7.25. The summed E-state index contributed by atoms with van der Waals surface area (Å²) in [4.78, 5) is 2.82. The van der Waals surface area contributed by atoms with Crippen LogP contribution in [0.5, 0.6) is 0 Å². The summed E-state index contributed by atoms with van der Waals surface area (Å²) in [5, 5.41) is 0. The van der Waals surface area contributed by atoms with Gasteiger partial charge in [-0.1, -0.05) is 18.2 Å². The topological polar surface area (TPSA) is 37.4 Å². The van der Waals surface area contributed by atoms with E-state index in [0.717, 1.165) is 36.1 Å². The van der Waals surface area contributed by atoms with Crippen LogP contribution in [0.15, 0.2) is 47.4 Å². The summed E-state index contributed by atoms with van der Waals surface area (Å²) in [7, 11) is -1.08. The van der Waals surface area contributed by atoms with Crippen LogP contribution in [-0.2, 0) is 9.84 Å². The van der Waals surface area contributed by atoms with E-state index in [2.05, 4.69) is 11.9 Å². The molecule has 0 amide bonds. The molecule has 2 aliphatic rings. The van der Waals surface area contributed by atoms with Crippen LogP contribution in [0.25, 0.3) is 11.1 Å². The normalized spacial score (nSPS) is 25.2. The summed E-state index contributed by atoms with van der Waals surface area (Å²) >= 11 is 0. The fraction of sp³-hybridized carbons (Fsp3) is 0.400. The van der Waals surface area contributed by atoms with Gasteiger partial charge in [0.25, 0.3) is 0 Å². The van der Waals surface area contributed by atoms with Gasteiger partial charge in [0.15, 0.2) is 9.84 Å². The minimum Gasteiger partial charge on any atom is -0.303 e. The fourth-order valence-corrected chi connectivity index (χ4v) is 6.10. The van der Waals surface area contributed by atoms with Gasteiger partial charge in [0, 0.05) is 12.0 Å². The number of hydrogen-bond acceptors (Lipinski definition) is 3. The zero-order valence-electron chi connectivity index (χ0n) is 14.3. The van der Waals surface area contributed by atoms with Crippen LogP contribution < -0.4 is 0 Å². The molecular weight excluding hydrogens is 337 g/mol. The number of rotatable bonds is 3. The summed E-state index contributed by atoms with van der Waals surface area (Å²) in [6.45, 7) is 1.09. The maximum atomic E-state index is 13.2. The van der Waals surface area contributed by atoms with Crippen LogP contribution >= 0.6 is 0 Å². The first-order valence-electron chi connectivity index (χ1n) is 8.77. The van der Waals surface area contributed by atoms with E-state index in [4.69, 9.17) is 0 Å². The average Bonchev–Trinajstić information content (AvgIpc) is 3.09. The van der Waals surface area contributed by atoms with Gasteiger partial charge in [-0.15, -0.1) is 0 Å². The van der Waals surface area contributed by atoms with Crippen molar-refractivity contribution in [2.45, 2.75) is 36.1 Å². The van der Waals surface area contributed by atoms with E-state index < -0.39 is 9.84 Å². The van der Waals surface area contributed by atoms with Gasteiger partial charge in [0.05, 0.1) is 10.6 Å². The highest BCUT2D eigenvalue weighted by Gasteiger charge is 2.37. The smallest absolute Gasteiger partial charge is 0.179 e. The Bertz CT molecular complexity index is 892. The Morgan fingerprint density at radius 3 is 2.52 bits per heavy atom. The molecular formula is C20H22FNO2S. The highest BCUT2D eigenvalue weighted by molar-refractivity contribution is 7.91. The average molecular weight is 359 g/mol. The third-order valence-electron chi connectivity index (χ3n) is 5.61. The maximum absolute atomic E-state index is 13.2. The predicted octanol–water partition coefficient (Wildman–Crippen LogP) is 3.85. The Morgan fingerprint density at radius 1 is 1.12 bits per heavy atom. The lowest BCUT2D eigenvalue weighted by Crippen LogP contribution is -2.27. The first-order chi connectivity index (χ1) is 11.9. The van der Waals surface area contributed by atoms with Crippen molar-refractivity contribution < 1.29 is 12.8 Å². The molecule has 4 rings (SSSR count). The zero-order valence-corrected chi connectivity index (χ0v) is 15.1. The quantitative estimate of drug-likeness (QED) is 0.835. The predicted molar refractivity (Wildman–Crippen MR) is 96.9 cm³/mol. The van der Waals surface area contributed by atoms with Gasteiger partial charge < -0.3 is 4.90 Å². The van der Waals surface area contributed by atoms with Crippen molar-refractivity contribution in [1.29, 1.82) is 0 Å². The van der Waals surface area contributed by atoms with E-state index in [1.165, 1.54) is 18.6 Å². The van der Waals surface area contributed by atoms with Gasteiger partial charge in [-0.25, -0.2) is 12.8 Å². The van der Waals surface area contributed by atoms with Crippen molar-refractivity contribution in [3.05, 3.63) is 53.8 Å². The SMILES string of the molecule is CN1CCC[C@@H]1CC1CS(=O)(=O)c2ccc(-c3ccc(F)cc3)cc21. The Labute approximate surface area is 148 Å². The lowest BCUT2D eigenvalue weighted by atomic mass is 9.91. The molecule has 2 aromatic rings. The molecule has 25 heavy (non-hydrogen) atoms. The Morgan fingerprint density at radius 2 is 1.84 bits per heavy atom. The fourth-order valence-electron chi connectivity index (χ4n) is 4.22. The molecule has 5 heteroatoms. The Hall–Kier alpha value is -1.72. The van der Waals surface area contributed by atoms with Gasteiger partial charge >= 0.3 is 0 Å². The van der Waals surface area contributed by atoms with Crippen LogP contribution in [0, 0.1) is 5.82 Å². The van der Waals surface area contributed by atoms with Crippen LogP contribution in [-0.4, -0.2) is 38.7 Å². The molecule has 132 valence electrons. The largest absolute Gasteiger partial charge is 0.303 e. The number of nitrogens with zero attached hydrogens (tertiary/aromatic N) is 1. The van der Waals surface area contributed by atoms with Crippen molar-refractivity contribution in [1.82, 2.24) is 4.90 Å². The molecule has 0 N–H and O–H groups in total. The molecule has 0 bridgehead atoms. The minimum atomic E-state index is -3.20. The number of halogens is 1. The summed E-state index contributed by atoms with van der Waals surface area (Å²) in [6.07, 6.45) is 3.21. The van der Waals surface area contributed by atoms with Crippen LogP contribution in [0.4, 0.5) is 4.39 Å². The molecule has 3 nitrogen and oxygen atoms in total. The van der Waals surface area contributed by atoms with Crippen LogP contribution in [0.1, 0.15) is 30.7 Å². The van der Waals surface area contributed by atoms with E-state index in [-0.39, 0.29) is 17.5 Å². The third kappa shape index (κ3) is 3.11. The minimum absolute atomic E-state index is 0.0472. The summed E-state index contributed by atoms with van der Waals surface area (Å²) < 4.78 is 38.3. The van der Waals surface area contributed by atoms with E-state index in [1.807, 2.05) is 12.1 Å². The first-order valence-corrected chi connectivity index (χ1v) is 10.4. The lowest BCUT2D eigenvalue weighted by molar-refractivity contribution is 0.286. The number of benzene rings is 2. The molecule has 2 heterocycles. The maximum Gasteiger partial charge on any atom is 0.179 e. The van der Waals surface area contributed by atoms with Crippen LogP contribution in [0.3, 0.4) is 0 Å². The monoisotopic (exact) mass is 359 g/mol. The van der Waals surface area contributed by atoms with Crippen molar-refractivity contribution >= 4 is 9.84 Å². The molecule has 0 spiro atoms. The number of likely N-dealkylation sites (tertiary alicyclic amines) is 1. The molecule has 2 atom stereocenters. The highest BCUT2D eigenvalue weighted by atomic mass is 32.2. The highest BCUT2D eigenvalue weighted by Crippen LogP contribution is 2.41. The van der Waals surface area contributed by atoms with Crippen molar-refractivity contribution in [2.75, 3.05) is 19.3 Å². The molecule has 2 aromatic carbocycles. The molecule has 0 aliphatic carbocycles. The van der Waals surface area contributed by atoms with Gasteiger partial charge in [-0.3, -0.25) is 0 Å². The number of sulfone groups is 1. The molecule has 0 aromatic heterocycles. The molecule has 1 fully saturated rings. The van der Waals surface area contributed by atoms with E-state index in [9.17, 15) is 12.8 Å². The molecule has 1 unspecified atom stereocenters. The van der Waals surface area contributed by atoms with Gasteiger partial charge in [0.2, 0.25) is 0 Å². The third-order valence-corrected chi connectivity index (χ3v) is 7.49. The van der Waals surface area contributed by atoms with Crippen molar-refractivity contribution in [3.63, 3.8) is 0 Å². The van der Waals surface area contributed by atoms with Crippen LogP contribution in [0.2, 0.25) is 0 Å². The van der Waals surface area contributed by atoms with E-state index in [0.29, 0.717) is 10.9 Å². The van der Waals surface area contributed by atoms with E-state index in [1.54, 1.807) is 18.2 Å². The van der Waals surface area contributed by atoms with Crippen molar-refractivity contribution in [3.8, 4) is 11.1 Å². The standard InChI is InChI=1S/C20H22FNO2S/c1-22-10-2-3-18(22)11-16-13-25(23,24)20-9-6-15(12-19(16)20)14-4-7-17(21)8-5-14/h4-9,12,16,18H,2-3,10-11,13H2,1H3/t16?,18-/m1/s1. The summed E-state index contributed by atoms with van der Waals surface area (Å²) in [5.41, 5.74) is 2.79. The van der Waals surface area contributed by atoms with Gasteiger partial charge in [-0.2, -0.15) is 0 Å². The molecule has 2 aliphatic heterocycles. The summed E-state index contributed by atoms with van der Waals surface area (Å²) in [5.74, 6) is -0.0138. The Kier molecular flexibility index (Phi) is 4.16. The molecule has 0 radical (unpaired) electrons. The lowest BCUT2D eigenvalue weighted by Gasteiger charge is -2.22. The number of fused-ring (bicyclic) bond motifs is 1. The second-order valence-corrected chi connectivity index (χ2v) is 9.25.